The Balaban J connectivity index is 2.03. The average molecular weight is 306 g/mol. The third-order valence-corrected chi connectivity index (χ3v) is 4.70. The standard InChI is InChI=1S/C17H23FN2S/c1-3-9-19-11-15(14-5-4-6-16(18)10-14)7-8-17-13(2)20-12-21-17/h4-6,10,12,15,19H,3,7-9,11H2,1-2H3. The molecule has 2 rings (SSSR count). The van der Waals surface area contributed by atoms with Gasteiger partial charge in [-0.2, -0.15) is 0 Å². The SMILES string of the molecule is CCCNCC(CCc1scnc1C)c1cccc(F)c1. The fourth-order valence-electron chi connectivity index (χ4n) is 2.47. The zero-order valence-electron chi connectivity index (χ0n) is 12.7. The number of hydrogen-bond acceptors (Lipinski definition) is 3. The Labute approximate surface area is 130 Å². The predicted octanol–water partition coefficient (Wildman–Crippen LogP) is 4.31. The minimum absolute atomic E-state index is 0.151. The molecule has 1 aromatic heterocycles. The van der Waals surface area contributed by atoms with Crippen molar-refractivity contribution in [1.82, 2.24) is 10.3 Å². The van der Waals surface area contributed by atoms with Crippen molar-refractivity contribution in [2.75, 3.05) is 13.1 Å². The Morgan fingerprint density at radius 3 is 2.90 bits per heavy atom. The molecule has 1 aromatic carbocycles. The summed E-state index contributed by atoms with van der Waals surface area (Å²) in [6.45, 7) is 6.11. The van der Waals surface area contributed by atoms with Gasteiger partial charge in [-0.3, -0.25) is 0 Å². The summed E-state index contributed by atoms with van der Waals surface area (Å²) >= 11 is 1.71. The molecule has 0 fully saturated rings. The Bertz CT molecular complexity index is 553. The van der Waals surface area contributed by atoms with Gasteiger partial charge in [0.1, 0.15) is 5.82 Å². The summed E-state index contributed by atoms with van der Waals surface area (Å²) < 4.78 is 13.5. The molecule has 4 heteroatoms. The maximum absolute atomic E-state index is 13.5. The highest BCUT2D eigenvalue weighted by Crippen LogP contribution is 2.24. The van der Waals surface area contributed by atoms with E-state index in [0.717, 1.165) is 43.6 Å². The lowest BCUT2D eigenvalue weighted by Gasteiger charge is -2.18. The van der Waals surface area contributed by atoms with Gasteiger partial charge in [0.2, 0.25) is 0 Å². The third kappa shape index (κ3) is 4.90. The van der Waals surface area contributed by atoms with Crippen LogP contribution in [-0.4, -0.2) is 18.1 Å². The number of aryl methyl sites for hydroxylation is 2. The Morgan fingerprint density at radius 2 is 2.24 bits per heavy atom. The topological polar surface area (TPSA) is 24.9 Å². The van der Waals surface area contributed by atoms with E-state index in [4.69, 9.17) is 0 Å². The van der Waals surface area contributed by atoms with Gasteiger partial charge in [-0.15, -0.1) is 11.3 Å². The molecular formula is C17H23FN2S. The first-order chi connectivity index (χ1) is 10.2. The van der Waals surface area contributed by atoms with Crippen LogP contribution in [0.1, 0.15) is 41.8 Å². The average Bonchev–Trinajstić information content (AvgIpc) is 2.88. The molecule has 1 heterocycles. The lowest BCUT2D eigenvalue weighted by molar-refractivity contribution is 0.544. The normalized spacial score (nSPS) is 12.5. The van der Waals surface area contributed by atoms with Crippen LogP contribution >= 0.6 is 11.3 Å². The van der Waals surface area contributed by atoms with Crippen molar-refractivity contribution < 1.29 is 4.39 Å². The van der Waals surface area contributed by atoms with Gasteiger partial charge in [0.05, 0.1) is 11.2 Å². The van der Waals surface area contributed by atoms with Crippen molar-refractivity contribution in [3.8, 4) is 0 Å². The van der Waals surface area contributed by atoms with Gasteiger partial charge in [-0.05, 0) is 56.3 Å². The summed E-state index contributed by atoms with van der Waals surface area (Å²) in [6, 6.07) is 7.00. The number of thiazole rings is 1. The molecule has 21 heavy (non-hydrogen) atoms. The minimum Gasteiger partial charge on any atom is -0.316 e. The molecule has 0 aliphatic rings. The Morgan fingerprint density at radius 1 is 1.38 bits per heavy atom. The van der Waals surface area contributed by atoms with Crippen LogP contribution in [0.25, 0.3) is 0 Å². The number of halogens is 1. The van der Waals surface area contributed by atoms with E-state index in [1.165, 1.54) is 10.9 Å². The molecule has 2 aromatic rings. The smallest absolute Gasteiger partial charge is 0.123 e. The molecule has 0 spiro atoms. The van der Waals surface area contributed by atoms with Crippen LogP contribution in [0, 0.1) is 12.7 Å². The van der Waals surface area contributed by atoms with E-state index >= 15 is 0 Å². The van der Waals surface area contributed by atoms with Gasteiger partial charge in [-0.25, -0.2) is 9.37 Å². The first-order valence-corrected chi connectivity index (χ1v) is 8.43. The molecule has 1 atom stereocenters. The molecule has 0 aliphatic carbocycles. The van der Waals surface area contributed by atoms with Crippen LogP contribution in [0.5, 0.6) is 0 Å². The number of rotatable bonds is 8. The largest absolute Gasteiger partial charge is 0.316 e. The van der Waals surface area contributed by atoms with Crippen molar-refractivity contribution in [3.63, 3.8) is 0 Å². The summed E-state index contributed by atoms with van der Waals surface area (Å²) in [7, 11) is 0. The summed E-state index contributed by atoms with van der Waals surface area (Å²) in [4.78, 5) is 5.64. The molecule has 1 unspecified atom stereocenters. The first kappa shape index (κ1) is 16.1. The van der Waals surface area contributed by atoms with Crippen LogP contribution in [0.15, 0.2) is 29.8 Å². The fraction of sp³-hybridized carbons (Fsp3) is 0.471. The lowest BCUT2D eigenvalue weighted by atomic mass is 9.93. The molecule has 114 valence electrons. The Hall–Kier alpha value is -1.26. The first-order valence-electron chi connectivity index (χ1n) is 7.55. The molecule has 0 bridgehead atoms. The second-order valence-corrected chi connectivity index (χ2v) is 6.29. The van der Waals surface area contributed by atoms with E-state index in [9.17, 15) is 4.39 Å². The number of benzene rings is 1. The Kier molecular flexibility index (Phi) is 6.33. The maximum atomic E-state index is 13.5. The third-order valence-electron chi connectivity index (χ3n) is 3.70. The highest BCUT2D eigenvalue weighted by molar-refractivity contribution is 7.09. The zero-order valence-corrected chi connectivity index (χ0v) is 13.5. The molecule has 0 saturated heterocycles. The number of aromatic nitrogens is 1. The van der Waals surface area contributed by atoms with E-state index in [1.807, 2.05) is 11.6 Å². The van der Waals surface area contributed by atoms with E-state index in [1.54, 1.807) is 23.5 Å². The van der Waals surface area contributed by atoms with E-state index < -0.39 is 0 Å². The van der Waals surface area contributed by atoms with Crippen LogP contribution in [0.2, 0.25) is 0 Å². The van der Waals surface area contributed by atoms with E-state index in [2.05, 4.69) is 24.1 Å². The van der Waals surface area contributed by atoms with Crippen LogP contribution < -0.4 is 5.32 Å². The van der Waals surface area contributed by atoms with Gasteiger partial charge in [0.15, 0.2) is 0 Å². The predicted molar refractivity (Wildman–Crippen MR) is 87.5 cm³/mol. The minimum atomic E-state index is -0.151. The molecule has 2 nitrogen and oxygen atoms in total. The van der Waals surface area contributed by atoms with Crippen LogP contribution in [-0.2, 0) is 6.42 Å². The summed E-state index contributed by atoms with van der Waals surface area (Å²) in [6.07, 6.45) is 3.14. The number of nitrogens with one attached hydrogen (secondary N) is 1. The van der Waals surface area contributed by atoms with Crippen LogP contribution in [0.3, 0.4) is 0 Å². The maximum Gasteiger partial charge on any atom is 0.123 e. The second kappa shape index (κ2) is 8.25. The fourth-order valence-corrected chi connectivity index (χ4v) is 3.27. The van der Waals surface area contributed by atoms with E-state index in [0.29, 0.717) is 5.92 Å². The lowest BCUT2D eigenvalue weighted by Crippen LogP contribution is -2.23. The van der Waals surface area contributed by atoms with Crippen molar-refractivity contribution >= 4 is 11.3 Å². The van der Waals surface area contributed by atoms with Crippen molar-refractivity contribution in [2.45, 2.75) is 39.0 Å². The van der Waals surface area contributed by atoms with Crippen molar-refractivity contribution in [2.24, 2.45) is 0 Å². The van der Waals surface area contributed by atoms with Gasteiger partial charge >= 0.3 is 0 Å². The molecule has 1 N–H and O–H groups in total. The highest BCUT2D eigenvalue weighted by Gasteiger charge is 2.13. The molecule has 0 saturated carbocycles. The van der Waals surface area contributed by atoms with Crippen LogP contribution in [0.4, 0.5) is 4.39 Å². The summed E-state index contributed by atoms with van der Waals surface area (Å²) in [5.74, 6) is 0.190. The summed E-state index contributed by atoms with van der Waals surface area (Å²) in [5, 5.41) is 3.46. The van der Waals surface area contributed by atoms with Crippen molar-refractivity contribution in [3.05, 3.63) is 51.7 Å². The molecule has 0 aliphatic heterocycles. The summed E-state index contributed by atoms with van der Waals surface area (Å²) in [5.41, 5.74) is 4.11. The van der Waals surface area contributed by atoms with E-state index in [-0.39, 0.29) is 5.82 Å². The highest BCUT2D eigenvalue weighted by atomic mass is 32.1. The second-order valence-electron chi connectivity index (χ2n) is 5.36. The molecular weight excluding hydrogens is 283 g/mol. The zero-order chi connectivity index (χ0) is 15.1. The van der Waals surface area contributed by atoms with Gasteiger partial charge in [-0.1, -0.05) is 19.1 Å². The molecule has 0 radical (unpaired) electrons. The van der Waals surface area contributed by atoms with Gasteiger partial charge in [0, 0.05) is 11.4 Å². The van der Waals surface area contributed by atoms with Gasteiger partial charge < -0.3 is 5.32 Å². The van der Waals surface area contributed by atoms with Crippen molar-refractivity contribution in [1.29, 1.82) is 0 Å². The molecule has 0 amide bonds. The quantitative estimate of drug-likeness (QED) is 0.735. The number of nitrogens with zero attached hydrogens (tertiary/aromatic N) is 1. The number of hydrogen-bond donors (Lipinski definition) is 1. The van der Waals surface area contributed by atoms with Gasteiger partial charge in [0.25, 0.3) is 0 Å². The monoisotopic (exact) mass is 306 g/mol.